The van der Waals surface area contributed by atoms with Crippen LogP contribution in [0.15, 0.2) is 12.4 Å². The molecule has 0 N–H and O–H groups in total. The summed E-state index contributed by atoms with van der Waals surface area (Å²) < 4.78 is 2.55. The number of aromatic nitrogens is 2. The van der Waals surface area contributed by atoms with Crippen molar-refractivity contribution in [2.45, 2.75) is 194 Å². The molecule has 0 saturated carbocycles. The van der Waals surface area contributed by atoms with E-state index < -0.39 is 0 Å². The molecule has 0 bridgehead atoms. The van der Waals surface area contributed by atoms with Crippen LogP contribution in [0.5, 0.6) is 0 Å². The standard InChI is InChI=1S/C33H64N2/c1-5-8-11-14-16-17-18-19-20-21-23-26-31(4)35-30-29-34-33(35)32(27-24-13-10-7-3)28-25-22-15-12-9-6-2/h29-32H,5-28H2,1-4H3. The van der Waals surface area contributed by atoms with Crippen LogP contribution in [0, 0.1) is 0 Å². The second kappa shape index (κ2) is 23.6. The van der Waals surface area contributed by atoms with E-state index in [4.69, 9.17) is 4.98 Å². The molecule has 2 atom stereocenters. The van der Waals surface area contributed by atoms with Crippen molar-refractivity contribution in [2.24, 2.45) is 0 Å². The van der Waals surface area contributed by atoms with Gasteiger partial charge in [0.15, 0.2) is 0 Å². The fourth-order valence-corrected chi connectivity index (χ4v) is 5.65. The van der Waals surface area contributed by atoms with E-state index in [9.17, 15) is 0 Å². The van der Waals surface area contributed by atoms with Crippen molar-refractivity contribution >= 4 is 0 Å². The highest BCUT2D eigenvalue weighted by Gasteiger charge is 2.19. The minimum Gasteiger partial charge on any atom is -0.332 e. The second-order valence-electron chi connectivity index (χ2n) is 11.5. The molecule has 0 radical (unpaired) electrons. The van der Waals surface area contributed by atoms with Crippen LogP contribution in [0.3, 0.4) is 0 Å². The third-order valence-corrected chi connectivity index (χ3v) is 8.08. The summed E-state index contributed by atoms with van der Waals surface area (Å²) in [5.41, 5.74) is 0. The zero-order valence-corrected chi connectivity index (χ0v) is 24.7. The minimum absolute atomic E-state index is 0.591. The van der Waals surface area contributed by atoms with Gasteiger partial charge in [-0.25, -0.2) is 4.98 Å². The van der Waals surface area contributed by atoms with Crippen LogP contribution in [0.25, 0.3) is 0 Å². The normalized spacial score (nSPS) is 13.4. The van der Waals surface area contributed by atoms with Gasteiger partial charge in [0.05, 0.1) is 0 Å². The molecule has 0 aliphatic heterocycles. The minimum atomic E-state index is 0.591. The van der Waals surface area contributed by atoms with Crippen molar-refractivity contribution in [3.8, 4) is 0 Å². The third-order valence-electron chi connectivity index (χ3n) is 8.08. The molecule has 0 fully saturated rings. The van der Waals surface area contributed by atoms with Crippen molar-refractivity contribution in [2.75, 3.05) is 0 Å². The Labute approximate surface area is 221 Å². The Morgan fingerprint density at radius 2 is 0.914 bits per heavy atom. The summed E-state index contributed by atoms with van der Waals surface area (Å²) in [4.78, 5) is 4.93. The summed E-state index contributed by atoms with van der Waals surface area (Å²) in [5.74, 6) is 2.05. The molecule has 0 aliphatic rings. The molecule has 206 valence electrons. The molecular formula is C33H64N2. The number of rotatable bonds is 26. The van der Waals surface area contributed by atoms with Crippen molar-refractivity contribution in [1.29, 1.82) is 0 Å². The first-order chi connectivity index (χ1) is 17.2. The number of hydrogen-bond acceptors (Lipinski definition) is 1. The molecule has 1 aromatic rings. The van der Waals surface area contributed by atoms with Crippen molar-refractivity contribution in [3.05, 3.63) is 18.2 Å². The summed E-state index contributed by atoms with van der Waals surface area (Å²) in [6.45, 7) is 9.36. The van der Waals surface area contributed by atoms with Gasteiger partial charge >= 0.3 is 0 Å². The highest BCUT2D eigenvalue weighted by Crippen LogP contribution is 2.30. The quantitative estimate of drug-likeness (QED) is 0.118. The van der Waals surface area contributed by atoms with Crippen molar-refractivity contribution in [3.63, 3.8) is 0 Å². The molecule has 0 spiro atoms. The summed E-state index contributed by atoms with van der Waals surface area (Å²) in [7, 11) is 0. The summed E-state index contributed by atoms with van der Waals surface area (Å²) in [6, 6.07) is 0.591. The lowest BCUT2D eigenvalue weighted by Gasteiger charge is -2.22. The first-order valence-corrected chi connectivity index (χ1v) is 16.3. The predicted octanol–water partition coefficient (Wildman–Crippen LogP) is 11.9. The molecule has 1 heterocycles. The summed E-state index contributed by atoms with van der Waals surface area (Å²) in [6.07, 6.45) is 37.8. The molecule has 0 aromatic carbocycles. The Balaban J connectivity index is 2.37. The zero-order valence-electron chi connectivity index (χ0n) is 24.7. The van der Waals surface area contributed by atoms with E-state index in [0.717, 1.165) is 0 Å². The van der Waals surface area contributed by atoms with Gasteiger partial charge < -0.3 is 4.57 Å². The van der Waals surface area contributed by atoms with Gasteiger partial charge in [-0.1, -0.05) is 156 Å². The Bertz CT molecular complexity index is 549. The Morgan fingerprint density at radius 3 is 1.37 bits per heavy atom. The molecule has 1 rings (SSSR count). The van der Waals surface area contributed by atoms with E-state index in [2.05, 4.69) is 44.7 Å². The first kappa shape index (κ1) is 32.2. The summed E-state index contributed by atoms with van der Waals surface area (Å²) >= 11 is 0. The fourth-order valence-electron chi connectivity index (χ4n) is 5.65. The van der Waals surface area contributed by atoms with Gasteiger partial charge in [-0.2, -0.15) is 0 Å². The third kappa shape index (κ3) is 16.6. The Kier molecular flexibility index (Phi) is 21.7. The lowest BCUT2D eigenvalue weighted by Crippen LogP contribution is -2.13. The van der Waals surface area contributed by atoms with Gasteiger partial charge in [-0.05, 0) is 26.2 Å². The summed E-state index contributed by atoms with van der Waals surface area (Å²) in [5, 5.41) is 0. The largest absolute Gasteiger partial charge is 0.332 e. The number of hydrogen-bond donors (Lipinski definition) is 0. The van der Waals surface area contributed by atoms with E-state index in [0.29, 0.717) is 12.0 Å². The van der Waals surface area contributed by atoms with Crippen LogP contribution in [0.2, 0.25) is 0 Å². The molecule has 0 aliphatic carbocycles. The first-order valence-electron chi connectivity index (χ1n) is 16.3. The molecule has 0 saturated heterocycles. The van der Waals surface area contributed by atoms with Gasteiger partial charge in [0.1, 0.15) is 5.82 Å². The van der Waals surface area contributed by atoms with Crippen molar-refractivity contribution < 1.29 is 0 Å². The SMILES string of the molecule is CCCCCCCCCCCCCC(C)n1ccnc1C(CCCCCC)CCCCCCCC. The molecule has 35 heavy (non-hydrogen) atoms. The van der Waals surface area contributed by atoms with E-state index in [1.165, 1.54) is 160 Å². The highest BCUT2D eigenvalue weighted by atomic mass is 15.1. The van der Waals surface area contributed by atoms with Gasteiger partial charge in [-0.15, -0.1) is 0 Å². The monoisotopic (exact) mass is 489 g/mol. The molecule has 1 aromatic heterocycles. The maximum Gasteiger partial charge on any atom is 0.111 e. The molecule has 2 nitrogen and oxygen atoms in total. The Morgan fingerprint density at radius 1 is 0.543 bits per heavy atom. The van der Waals surface area contributed by atoms with Crippen LogP contribution in [0.1, 0.15) is 200 Å². The molecule has 2 heteroatoms. The molecular weight excluding hydrogens is 424 g/mol. The second-order valence-corrected chi connectivity index (χ2v) is 11.5. The lowest BCUT2D eigenvalue weighted by atomic mass is 9.93. The van der Waals surface area contributed by atoms with Crippen LogP contribution in [0.4, 0.5) is 0 Å². The number of nitrogens with zero attached hydrogens (tertiary/aromatic N) is 2. The number of unbranched alkanes of at least 4 members (excludes halogenated alkanes) is 18. The van der Waals surface area contributed by atoms with E-state index in [1.54, 1.807) is 0 Å². The zero-order chi connectivity index (χ0) is 25.4. The predicted molar refractivity (Wildman–Crippen MR) is 158 cm³/mol. The van der Waals surface area contributed by atoms with Crippen molar-refractivity contribution in [1.82, 2.24) is 9.55 Å². The van der Waals surface area contributed by atoms with Gasteiger partial charge in [0.2, 0.25) is 0 Å². The van der Waals surface area contributed by atoms with Crippen LogP contribution >= 0.6 is 0 Å². The topological polar surface area (TPSA) is 17.8 Å². The van der Waals surface area contributed by atoms with Gasteiger partial charge in [0.25, 0.3) is 0 Å². The number of imidazole rings is 1. The van der Waals surface area contributed by atoms with E-state index >= 15 is 0 Å². The molecule has 2 unspecified atom stereocenters. The fraction of sp³-hybridized carbons (Fsp3) is 0.909. The van der Waals surface area contributed by atoms with Crippen LogP contribution in [-0.4, -0.2) is 9.55 Å². The maximum atomic E-state index is 4.93. The lowest BCUT2D eigenvalue weighted by molar-refractivity contribution is 0.413. The Hall–Kier alpha value is -0.790. The van der Waals surface area contributed by atoms with Gasteiger partial charge in [-0.3, -0.25) is 0 Å². The highest BCUT2D eigenvalue weighted by molar-refractivity contribution is 5.02. The van der Waals surface area contributed by atoms with E-state index in [-0.39, 0.29) is 0 Å². The average molecular weight is 489 g/mol. The van der Waals surface area contributed by atoms with E-state index in [1.807, 2.05) is 0 Å². The van der Waals surface area contributed by atoms with Crippen LogP contribution in [-0.2, 0) is 0 Å². The maximum absolute atomic E-state index is 4.93. The average Bonchev–Trinajstić information content (AvgIpc) is 3.35. The molecule has 0 amide bonds. The van der Waals surface area contributed by atoms with Crippen LogP contribution < -0.4 is 0 Å². The van der Waals surface area contributed by atoms with Gasteiger partial charge in [0, 0.05) is 24.4 Å². The smallest absolute Gasteiger partial charge is 0.111 e.